The van der Waals surface area contributed by atoms with E-state index in [0.29, 0.717) is 74.0 Å². The molecule has 4 heterocycles. The molecule has 3 amide bonds. The van der Waals surface area contributed by atoms with Gasteiger partial charge in [-0.3, -0.25) is 33.7 Å². The van der Waals surface area contributed by atoms with Crippen molar-refractivity contribution in [3.8, 4) is 22.6 Å². The van der Waals surface area contributed by atoms with Crippen LogP contribution in [0.25, 0.3) is 22.0 Å². The number of hydrogen-bond acceptors (Lipinski definition) is 12. The second-order valence-electron chi connectivity index (χ2n) is 15.1. The first kappa shape index (κ1) is 39.2. The van der Waals surface area contributed by atoms with Gasteiger partial charge in [0.1, 0.15) is 34.0 Å². The van der Waals surface area contributed by atoms with Crippen molar-refractivity contribution in [1.29, 1.82) is 0 Å². The number of nitrogens with zero attached hydrogens (tertiary/aromatic N) is 5. The van der Waals surface area contributed by atoms with Gasteiger partial charge in [0, 0.05) is 60.5 Å². The Labute approximate surface area is 338 Å². The Hall–Kier alpha value is -6.62. The molecule has 1 aliphatic heterocycles. The Morgan fingerprint density at radius 3 is 2.51 bits per heavy atom. The van der Waals surface area contributed by atoms with Gasteiger partial charge in [-0.2, -0.15) is 0 Å². The zero-order valence-corrected chi connectivity index (χ0v) is 33.0. The Kier molecular flexibility index (Phi) is 10.6. The van der Waals surface area contributed by atoms with E-state index in [1.165, 1.54) is 4.57 Å². The second-order valence-corrected chi connectivity index (χ2v) is 15.1. The maximum atomic E-state index is 13.6. The number of fused-ring (bicyclic) bond motifs is 4. The number of methoxy groups -OCH3 is 2. The maximum Gasteiger partial charge on any atom is 0.274 e. The van der Waals surface area contributed by atoms with Crippen LogP contribution in [0.1, 0.15) is 64.1 Å². The van der Waals surface area contributed by atoms with E-state index in [-0.39, 0.29) is 65.9 Å². The molecule has 0 unspecified atom stereocenters. The van der Waals surface area contributed by atoms with E-state index < -0.39 is 17.4 Å². The van der Waals surface area contributed by atoms with Crippen molar-refractivity contribution >= 4 is 45.9 Å². The molecule has 3 saturated carbocycles. The first-order chi connectivity index (χ1) is 28.5. The van der Waals surface area contributed by atoms with Gasteiger partial charge in [0.05, 0.1) is 64.3 Å². The van der Waals surface area contributed by atoms with Gasteiger partial charge in [-0.1, -0.05) is 11.3 Å². The van der Waals surface area contributed by atoms with E-state index >= 15 is 0 Å². The number of imide groups is 1. The lowest BCUT2D eigenvalue weighted by molar-refractivity contribution is -0.153. The molecule has 9 rings (SSSR count). The average Bonchev–Trinajstić information content (AvgIpc) is 3.95. The van der Waals surface area contributed by atoms with Crippen LogP contribution in [0.15, 0.2) is 59.8 Å². The lowest BCUT2D eigenvalue weighted by Crippen LogP contribution is -2.68. The van der Waals surface area contributed by atoms with Crippen molar-refractivity contribution in [3.05, 3.63) is 87.7 Å². The van der Waals surface area contributed by atoms with Crippen molar-refractivity contribution in [1.82, 2.24) is 34.8 Å². The average molecular weight is 805 g/mol. The Bertz CT molecular complexity index is 2540. The van der Waals surface area contributed by atoms with Crippen LogP contribution in [0.5, 0.6) is 11.5 Å². The van der Waals surface area contributed by atoms with Gasteiger partial charge in [-0.05, 0) is 61.6 Å². The fraction of sp³-hybridized carbons (Fsp3) is 0.381. The van der Waals surface area contributed by atoms with Gasteiger partial charge in [0.25, 0.3) is 17.4 Å². The zero-order chi connectivity index (χ0) is 41.4. The van der Waals surface area contributed by atoms with Crippen LogP contribution in [-0.2, 0) is 45.7 Å². The summed E-state index contributed by atoms with van der Waals surface area (Å²) >= 11 is 0. The number of aryl methyl sites for hydroxylation is 1. The standard InChI is InChI=1S/C42H44N8O9/c1-48-23-30(27-10-11-44-38(27)41(48)56)24-16-33(57-2)28(34(17-24)58-3)6-5-9-36(53)43-12-14-59-15-13-49-22-26(46-47-49)21-45-31-8-4-7-29-37(31)40(55)50(39(29)54)42-19-25(20-42)32(51)18-35(42)52/h4,7-8,10-11,16-17,22-23,25,44-45H,5-6,9,12-15,18-21H2,1-3H3,(H,43,53). The molecular weight excluding hydrogens is 761 g/mol. The van der Waals surface area contributed by atoms with Crippen LogP contribution in [0.4, 0.5) is 5.69 Å². The number of carbonyl (C=O) groups is 5. The lowest BCUT2D eigenvalue weighted by Gasteiger charge is -2.53. The van der Waals surface area contributed by atoms with Gasteiger partial charge in [0.15, 0.2) is 5.78 Å². The molecule has 3 N–H and O–H groups in total. The molecule has 17 nitrogen and oxygen atoms in total. The first-order valence-corrected chi connectivity index (χ1v) is 19.5. The van der Waals surface area contributed by atoms with Crippen LogP contribution >= 0.6 is 0 Å². The number of H-pyrrole nitrogens is 1. The van der Waals surface area contributed by atoms with Crippen molar-refractivity contribution in [3.63, 3.8) is 0 Å². The number of benzene rings is 2. The lowest BCUT2D eigenvalue weighted by atomic mass is 9.57. The summed E-state index contributed by atoms with van der Waals surface area (Å²) in [5.74, 6) is -0.653. The minimum atomic E-state index is -1.23. The number of aromatic nitrogens is 5. The van der Waals surface area contributed by atoms with Crippen LogP contribution in [0.3, 0.4) is 0 Å². The number of anilines is 1. The summed E-state index contributed by atoms with van der Waals surface area (Å²) in [5, 5.41) is 15.2. The van der Waals surface area contributed by atoms with Crippen LogP contribution in [0.2, 0.25) is 0 Å². The van der Waals surface area contributed by atoms with Gasteiger partial charge in [-0.25, -0.2) is 4.68 Å². The largest absolute Gasteiger partial charge is 0.496 e. The second kappa shape index (κ2) is 16.0. The van der Waals surface area contributed by atoms with E-state index in [1.54, 1.807) is 62.7 Å². The summed E-state index contributed by atoms with van der Waals surface area (Å²) in [6.45, 7) is 1.63. The van der Waals surface area contributed by atoms with Gasteiger partial charge in [0.2, 0.25) is 5.91 Å². The molecule has 3 fully saturated rings. The van der Waals surface area contributed by atoms with Crippen LogP contribution in [-0.4, -0.2) is 98.2 Å². The van der Waals surface area contributed by atoms with E-state index in [1.807, 2.05) is 18.2 Å². The predicted molar refractivity (Wildman–Crippen MR) is 213 cm³/mol. The topological polar surface area (TPSA) is 209 Å². The molecule has 306 valence electrons. The molecule has 2 aromatic carbocycles. The molecule has 0 radical (unpaired) electrons. The molecule has 17 heteroatoms. The SMILES string of the molecule is COc1cc(-c2cn(C)c(=O)c3[nH]ccc23)cc(OC)c1CCCC(=O)NCCOCCn1cc(CNc2cccc3c2C(=O)N(C24CC(C2)C(=O)CC4=O)C3=O)nn1. The Balaban J connectivity index is 0.765. The molecule has 3 aromatic heterocycles. The number of nitrogens with one attached hydrogen (secondary N) is 3. The summed E-state index contributed by atoms with van der Waals surface area (Å²) in [7, 11) is 4.90. The zero-order valence-electron chi connectivity index (χ0n) is 33.0. The minimum absolute atomic E-state index is 0.102. The molecule has 59 heavy (non-hydrogen) atoms. The highest BCUT2D eigenvalue weighted by Gasteiger charge is 2.64. The summed E-state index contributed by atoms with van der Waals surface area (Å²) in [4.78, 5) is 81.2. The van der Waals surface area contributed by atoms with E-state index in [4.69, 9.17) is 14.2 Å². The number of aromatic amines is 1. The number of carbonyl (C=O) groups excluding carboxylic acids is 5. The van der Waals surface area contributed by atoms with E-state index in [9.17, 15) is 28.8 Å². The number of ketones is 2. The molecule has 5 aromatic rings. The highest BCUT2D eigenvalue weighted by molar-refractivity contribution is 6.27. The molecule has 0 spiro atoms. The number of pyridine rings is 1. The number of hydrogen-bond donors (Lipinski definition) is 3. The predicted octanol–water partition coefficient (Wildman–Crippen LogP) is 3.20. The third-order valence-electron chi connectivity index (χ3n) is 11.5. The van der Waals surface area contributed by atoms with Crippen LogP contribution < -0.4 is 25.7 Å². The fourth-order valence-corrected chi connectivity index (χ4v) is 8.44. The molecule has 0 atom stereocenters. The monoisotopic (exact) mass is 804 g/mol. The number of Topliss-reactive ketones (excluding diaryl/α,β-unsaturated/α-hetero) is 2. The molecule has 2 bridgehead atoms. The Morgan fingerprint density at radius 2 is 1.76 bits per heavy atom. The van der Waals surface area contributed by atoms with Crippen molar-refractivity contribution < 1.29 is 38.2 Å². The van der Waals surface area contributed by atoms with E-state index in [0.717, 1.165) is 27.0 Å². The van der Waals surface area contributed by atoms with Gasteiger partial charge in [-0.15, -0.1) is 5.10 Å². The normalized spacial score (nSPS) is 18.3. The van der Waals surface area contributed by atoms with Crippen molar-refractivity contribution in [2.45, 2.75) is 57.2 Å². The first-order valence-electron chi connectivity index (χ1n) is 19.5. The highest BCUT2D eigenvalue weighted by atomic mass is 16.5. The number of amides is 3. The maximum absolute atomic E-state index is 13.6. The third-order valence-corrected chi connectivity index (χ3v) is 11.5. The molecular formula is C42H44N8O9. The fourth-order valence-electron chi connectivity index (χ4n) is 8.44. The van der Waals surface area contributed by atoms with Gasteiger partial charge < -0.3 is 34.4 Å². The van der Waals surface area contributed by atoms with Crippen LogP contribution in [0, 0.1) is 5.92 Å². The van der Waals surface area contributed by atoms with Crippen molar-refractivity contribution in [2.75, 3.05) is 39.3 Å². The summed E-state index contributed by atoms with van der Waals surface area (Å²) in [6.07, 6.45) is 6.85. The smallest absolute Gasteiger partial charge is 0.274 e. The molecule has 4 aliphatic rings. The van der Waals surface area contributed by atoms with Crippen molar-refractivity contribution in [2.24, 2.45) is 13.0 Å². The molecule has 3 aliphatic carbocycles. The summed E-state index contributed by atoms with van der Waals surface area (Å²) in [6, 6.07) is 10.7. The summed E-state index contributed by atoms with van der Waals surface area (Å²) < 4.78 is 20.4. The Morgan fingerprint density at radius 1 is 0.983 bits per heavy atom. The van der Waals surface area contributed by atoms with E-state index in [2.05, 4.69) is 25.9 Å². The third kappa shape index (κ3) is 7.15. The molecule has 0 saturated heterocycles. The van der Waals surface area contributed by atoms with Gasteiger partial charge >= 0.3 is 0 Å². The minimum Gasteiger partial charge on any atom is -0.496 e. The quantitative estimate of drug-likeness (QED) is 0.0704. The number of ether oxygens (including phenoxy) is 3. The number of rotatable bonds is 17. The summed E-state index contributed by atoms with van der Waals surface area (Å²) in [5.41, 5.74) is 3.20. The highest BCUT2D eigenvalue weighted by Crippen LogP contribution is 2.51.